The molecule has 24 heavy (non-hydrogen) atoms. The lowest BCUT2D eigenvalue weighted by molar-refractivity contribution is -0.141. The van der Waals surface area contributed by atoms with Gasteiger partial charge >= 0.3 is 0 Å². The van der Waals surface area contributed by atoms with Gasteiger partial charge in [-0.2, -0.15) is 0 Å². The Bertz CT molecular complexity index is 591. The van der Waals surface area contributed by atoms with Crippen LogP contribution in [0.25, 0.3) is 0 Å². The van der Waals surface area contributed by atoms with Crippen LogP contribution in [0.15, 0.2) is 24.3 Å². The average Bonchev–Trinajstić information content (AvgIpc) is 2.54. The smallest absolute Gasteiger partial charge is 0.225 e. The summed E-state index contributed by atoms with van der Waals surface area (Å²) in [4.78, 5) is 28.2. The Hall–Kier alpha value is -1.95. The zero-order valence-electron chi connectivity index (χ0n) is 14.6. The largest absolute Gasteiger partial charge is 0.356 e. The minimum absolute atomic E-state index is 0.0556. The number of rotatable bonds is 6. The Morgan fingerprint density at radius 2 is 2.08 bits per heavy atom. The number of likely N-dealkylation sites (tertiary alicyclic amines) is 1. The summed E-state index contributed by atoms with van der Waals surface area (Å²) in [5.41, 5.74) is 0.404. The monoisotopic (exact) mass is 335 g/mol. The Labute approximate surface area is 142 Å². The molecule has 0 saturated carbocycles. The molecular formula is C18H26FN3O2. The van der Waals surface area contributed by atoms with Crippen LogP contribution in [-0.2, 0) is 9.59 Å². The molecule has 1 aromatic carbocycles. The third kappa shape index (κ3) is 4.32. The number of piperidine rings is 1. The minimum atomic E-state index is -0.554. The zero-order valence-corrected chi connectivity index (χ0v) is 14.6. The van der Waals surface area contributed by atoms with Gasteiger partial charge in [0, 0.05) is 25.6 Å². The van der Waals surface area contributed by atoms with Crippen molar-refractivity contribution in [3.63, 3.8) is 0 Å². The number of amides is 2. The van der Waals surface area contributed by atoms with E-state index in [2.05, 4.69) is 10.2 Å². The third-order valence-electron chi connectivity index (χ3n) is 4.50. The summed E-state index contributed by atoms with van der Waals surface area (Å²) in [6.07, 6.45) is 1.61. The Morgan fingerprint density at radius 1 is 1.38 bits per heavy atom. The second-order valence-corrected chi connectivity index (χ2v) is 6.56. The van der Waals surface area contributed by atoms with Gasteiger partial charge in [0.15, 0.2) is 0 Å². The SMILES string of the molecule is CN(C)CCCNC(=O)[C@@H]1CCC(=O)N(C)[C@H]1c1ccccc1F. The molecule has 2 rings (SSSR count). The van der Waals surface area contributed by atoms with Gasteiger partial charge < -0.3 is 15.1 Å². The number of carbonyl (C=O) groups excluding carboxylic acids is 2. The molecule has 6 heteroatoms. The van der Waals surface area contributed by atoms with E-state index in [1.807, 2.05) is 14.1 Å². The van der Waals surface area contributed by atoms with Crippen molar-refractivity contribution in [2.24, 2.45) is 5.92 Å². The number of nitrogens with zero attached hydrogens (tertiary/aromatic N) is 2. The van der Waals surface area contributed by atoms with Crippen LogP contribution in [0.4, 0.5) is 4.39 Å². The van der Waals surface area contributed by atoms with Crippen LogP contribution < -0.4 is 5.32 Å². The van der Waals surface area contributed by atoms with Crippen LogP contribution in [0.5, 0.6) is 0 Å². The van der Waals surface area contributed by atoms with Gasteiger partial charge in [0.05, 0.1) is 12.0 Å². The highest BCUT2D eigenvalue weighted by Crippen LogP contribution is 2.36. The highest BCUT2D eigenvalue weighted by molar-refractivity contribution is 5.84. The maximum absolute atomic E-state index is 14.2. The predicted octanol–water partition coefficient (Wildman–Crippen LogP) is 1.80. The second-order valence-electron chi connectivity index (χ2n) is 6.56. The molecule has 2 amide bonds. The van der Waals surface area contributed by atoms with Crippen molar-refractivity contribution in [2.75, 3.05) is 34.2 Å². The Kier molecular flexibility index (Phi) is 6.31. The van der Waals surface area contributed by atoms with Crippen molar-refractivity contribution in [3.05, 3.63) is 35.6 Å². The van der Waals surface area contributed by atoms with E-state index in [4.69, 9.17) is 0 Å². The van der Waals surface area contributed by atoms with E-state index in [0.717, 1.165) is 13.0 Å². The van der Waals surface area contributed by atoms with Crippen molar-refractivity contribution >= 4 is 11.8 Å². The fourth-order valence-electron chi connectivity index (χ4n) is 3.19. The molecule has 1 aliphatic rings. The standard InChI is InChI=1S/C18H26FN3O2/c1-21(2)12-6-11-20-18(24)14-9-10-16(23)22(3)17(14)13-7-4-5-8-15(13)19/h4-5,7-8,14,17H,6,9-12H2,1-3H3,(H,20,24)/t14-,17+/m1/s1. The molecule has 0 aliphatic carbocycles. The van der Waals surface area contributed by atoms with Gasteiger partial charge in [0.1, 0.15) is 5.82 Å². The Morgan fingerprint density at radius 3 is 2.75 bits per heavy atom. The van der Waals surface area contributed by atoms with E-state index in [-0.39, 0.29) is 17.6 Å². The van der Waals surface area contributed by atoms with E-state index in [1.165, 1.54) is 11.0 Å². The summed E-state index contributed by atoms with van der Waals surface area (Å²) in [5, 5.41) is 2.94. The quantitative estimate of drug-likeness (QED) is 0.807. The van der Waals surface area contributed by atoms with Crippen LogP contribution in [0.2, 0.25) is 0 Å². The highest BCUT2D eigenvalue weighted by atomic mass is 19.1. The van der Waals surface area contributed by atoms with Gasteiger partial charge in [-0.15, -0.1) is 0 Å². The van der Waals surface area contributed by atoms with Crippen molar-refractivity contribution in [2.45, 2.75) is 25.3 Å². The zero-order chi connectivity index (χ0) is 17.7. The van der Waals surface area contributed by atoms with Crippen LogP contribution in [0.1, 0.15) is 30.9 Å². The molecule has 0 bridgehead atoms. The molecule has 1 N–H and O–H groups in total. The number of benzene rings is 1. The number of halogens is 1. The third-order valence-corrected chi connectivity index (χ3v) is 4.50. The molecular weight excluding hydrogens is 309 g/mol. The van der Waals surface area contributed by atoms with Crippen LogP contribution in [0.3, 0.4) is 0 Å². The molecule has 0 radical (unpaired) electrons. The Balaban J connectivity index is 2.12. The average molecular weight is 335 g/mol. The van der Waals surface area contributed by atoms with Gasteiger partial charge in [0.25, 0.3) is 0 Å². The van der Waals surface area contributed by atoms with Crippen LogP contribution >= 0.6 is 0 Å². The van der Waals surface area contributed by atoms with Crippen molar-refractivity contribution in [1.29, 1.82) is 0 Å². The predicted molar refractivity (Wildman–Crippen MR) is 90.8 cm³/mol. The lowest BCUT2D eigenvalue weighted by Crippen LogP contribution is -2.46. The summed E-state index contributed by atoms with van der Waals surface area (Å²) in [6, 6.07) is 5.81. The summed E-state index contributed by atoms with van der Waals surface area (Å²) in [5.74, 6) is -0.973. The van der Waals surface area contributed by atoms with Gasteiger partial charge in [-0.05, 0) is 39.5 Å². The van der Waals surface area contributed by atoms with E-state index < -0.39 is 12.0 Å². The molecule has 1 aliphatic heterocycles. The topological polar surface area (TPSA) is 52.7 Å². The number of nitrogens with one attached hydrogen (secondary N) is 1. The molecule has 1 heterocycles. The minimum Gasteiger partial charge on any atom is -0.356 e. The first-order valence-corrected chi connectivity index (χ1v) is 8.34. The normalized spacial score (nSPS) is 21.2. The summed E-state index contributed by atoms with van der Waals surface area (Å²) < 4.78 is 14.2. The van der Waals surface area contributed by atoms with Gasteiger partial charge in [-0.3, -0.25) is 9.59 Å². The van der Waals surface area contributed by atoms with Crippen molar-refractivity contribution in [1.82, 2.24) is 15.1 Å². The molecule has 5 nitrogen and oxygen atoms in total. The summed E-state index contributed by atoms with van der Waals surface area (Å²) in [7, 11) is 5.61. The lowest BCUT2D eigenvalue weighted by Gasteiger charge is -2.38. The molecule has 0 unspecified atom stereocenters. The van der Waals surface area contributed by atoms with E-state index in [0.29, 0.717) is 24.9 Å². The molecule has 1 fully saturated rings. The number of hydrogen-bond acceptors (Lipinski definition) is 3. The first-order valence-electron chi connectivity index (χ1n) is 8.34. The van der Waals surface area contributed by atoms with Gasteiger partial charge in [0.2, 0.25) is 11.8 Å². The summed E-state index contributed by atoms with van der Waals surface area (Å²) in [6.45, 7) is 1.47. The number of hydrogen-bond donors (Lipinski definition) is 1. The highest BCUT2D eigenvalue weighted by Gasteiger charge is 2.39. The van der Waals surface area contributed by atoms with Gasteiger partial charge in [-0.25, -0.2) is 4.39 Å². The van der Waals surface area contributed by atoms with E-state index >= 15 is 0 Å². The van der Waals surface area contributed by atoms with E-state index in [1.54, 1.807) is 25.2 Å². The fraction of sp³-hybridized carbons (Fsp3) is 0.556. The fourth-order valence-corrected chi connectivity index (χ4v) is 3.19. The van der Waals surface area contributed by atoms with Gasteiger partial charge in [-0.1, -0.05) is 18.2 Å². The maximum Gasteiger partial charge on any atom is 0.225 e. The molecule has 0 spiro atoms. The summed E-state index contributed by atoms with van der Waals surface area (Å²) >= 11 is 0. The number of carbonyl (C=O) groups is 2. The van der Waals surface area contributed by atoms with Crippen LogP contribution in [0, 0.1) is 11.7 Å². The molecule has 1 saturated heterocycles. The maximum atomic E-state index is 14.2. The second kappa shape index (κ2) is 8.24. The first kappa shape index (κ1) is 18.4. The molecule has 0 aromatic heterocycles. The van der Waals surface area contributed by atoms with E-state index in [9.17, 15) is 14.0 Å². The lowest BCUT2D eigenvalue weighted by atomic mass is 9.83. The first-order chi connectivity index (χ1) is 11.4. The molecule has 1 aromatic rings. The molecule has 132 valence electrons. The van der Waals surface area contributed by atoms with Crippen molar-refractivity contribution < 1.29 is 14.0 Å². The van der Waals surface area contributed by atoms with Crippen molar-refractivity contribution in [3.8, 4) is 0 Å². The van der Waals surface area contributed by atoms with Crippen LogP contribution in [-0.4, -0.2) is 55.8 Å². The molecule has 2 atom stereocenters.